The molecule has 1 fully saturated rings. The largest absolute Gasteiger partial charge is 0.338 e. The van der Waals surface area contributed by atoms with Crippen molar-refractivity contribution < 1.29 is 4.52 Å². The molecular weight excluding hydrogens is 310 g/mol. The van der Waals surface area contributed by atoms with Crippen molar-refractivity contribution in [3.05, 3.63) is 35.5 Å². The molecule has 0 N–H and O–H groups in total. The first-order valence-corrected chi connectivity index (χ1v) is 8.72. The second-order valence-corrected chi connectivity index (χ2v) is 6.89. The molecule has 1 atom stereocenters. The molecule has 23 heavy (non-hydrogen) atoms. The van der Waals surface area contributed by atoms with Crippen molar-refractivity contribution in [3.63, 3.8) is 0 Å². The van der Waals surface area contributed by atoms with Crippen LogP contribution in [-0.2, 0) is 6.54 Å². The van der Waals surface area contributed by atoms with E-state index in [1.54, 1.807) is 0 Å². The van der Waals surface area contributed by atoms with Crippen LogP contribution in [0.25, 0.3) is 11.0 Å². The fourth-order valence-corrected chi connectivity index (χ4v) is 3.59. The lowest BCUT2D eigenvalue weighted by atomic mass is 10.1. The molecule has 3 heterocycles. The van der Waals surface area contributed by atoms with Crippen LogP contribution < -0.4 is 0 Å². The van der Waals surface area contributed by atoms with Crippen LogP contribution in [0.5, 0.6) is 0 Å². The van der Waals surface area contributed by atoms with Gasteiger partial charge in [-0.1, -0.05) is 25.1 Å². The Morgan fingerprint density at radius 1 is 1.30 bits per heavy atom. The van der Waals surface area contributed by atoms with Gasteiger partial charge in [0.05, 0.1) is 17.8 Å². The SMILES string of the molecule is CC(C)c1noc([C@@H]2CCCN2Cc2ccc3nsnc3c2)n1. The van der Waals surface area contributed by atoms with Gasteiger partial charge in [-0.25, -0.2) is 0 Å². The van der Waals surface area contributed by atoms with Crippen molar-refractivity contribution in [3.8, 4) is 0 Å². The maximum atomic E-state index is 5.51. The molecular formula is C16H19N5OS. The first-order chi connectivity index (χ1) is 11.2. The maximum absolute atomic E-state index is 5.51. The monoisotopic (exact) mass is 329 g/mol. The average Bonchev–Trinajstić information content (AvgIpc) is 3.26. The molecule has 120 valence electrons. The molecule has 1 aliphatic rings. The van der Waals surface area contributed by atoms with E-state index in [-0.39, 0.29) is 6.04 Å². The summed E-state index contributed by atoms with van der Waals surface area (Å²) in [5.74, 6) is 1.84. The first-order valence-electron chi connectivity index (χ1n) is 7.99. The zero-order valence-electron chi connectivity index (χ0n) is 13.3. The van der Waals surface area contributed by atoms with Gasteiger partial charge in [0.15, 0.2) is 5.82 Å². The van der Waals surface area contributed by atoms with Crippen molar-refractivity contribution in [1.29, 1.82) is 0 Å². The van der Waals surface area contributed by atoms with Gasteiger partial charge < -0.3 is 4.52 Å². The molecule has 1 aromatic carbocycles. The Kier molecular flexibility index (Phi) is 3.82. The Morgan fingerprint density at radius 3 is 3.00 bits per heavy atom. The molecule has 0 spiro atoms. The highest BCUT2D eigenvalue weighted by molar-refractivity contribution is 7.00. The Morgan fingerprint density at radius 2 is 2.17 bits per heavy atom. The summed E-state index contributed by atoms with van der Waals surface area (Å²) in [5.41, 5.74) is 3.19. The summed E-state index contributed by atoms with van der Waals surface area (Å²) in [4.78, 5) is 7.00. The summed E-state index contributed by atoms with van der Waals surface area (Å²) < 4.78 is 14.1. The molecule has 4 rings (SSSR count). The quantitative estimate of drug-likeness (QED) is 0.729. The molecule has 0 saturated carbocycles. The number of likely N-dealkylation sites (tertiary alicyclic amines) is 1. The van der Waals surface area contributed by atoms with E-state index < -0.39 is 0 Å². The van der Waals surface area contributed by atoms with Gasteiger partial charge in [-0.2, -0.15) is 13.7 Å². The first kappa shape index (κ1) is 14.7. The van der Waals surface area contributed by atoms with Gasteiger partial charge in [-0.15, -0.1) is 0 Å². The minimum Gasteiger partial charge on any atom is -0.338 e. The number of aromatic nitrogens is 4. The lowest BCUT2D eigenvalue weighted by molar-refractivity contribution is 0.201. The van der Waals surface area contributed by atoms with Crippen molar-refractivity contribution in [1.82, 2.24) is 23.8 Å². The third-order valence-corrected chi connectivity index (χ3v) is 4.88. The summed E-state index contributed by atoms with van der Waals surface area (Å²) in [6, 6.07) is 6.52. The molecule has 1 aliphatic heterocycles. The molecule has 0 amide bonds. The molecule has 6 nitrogen and oxygen atoms in total. The molecule has 3 aromatic rings. The van der Waals surface area contributed by atoms with Gasteiger partial charge in [0.2, 0.25) is 5.89 Å². The van der Waals surface area contributed by atoms with E-state index in [4.69, 9.17) is 4.52 Å². The van der Waals surface area contributed by atoms with Crippen LogP contribution in [0.15, 0.2) is 22.7 Å². The van der Waals surface area contributed by atoms with E-state index in [1.165, 1.54) is 17.3 Å². The van der Waals surface area contributed by atoms with Crippen LogP contribution in [0, 0.1) is 0 Å². The molecule has 7 heteroatoms. The number of hydrogen-bond acceptors (Lipinski definition) is 7. The van der Waals surface area contributed by atoms with E-state index in [0.29, 0.717) is 5.92 Å². The zero-order chi connectivity index (χ0) is 15.8. The highest BCUT2D eigenvalue weighted by Gasteiger charge is 2.31. The van der Waals surface area contributed by atoms with Crippen molar-refractivity contribution in [2.24, 2.45) is 0 Å². The predicted octanol–water partition coefficient (Wildman–Crippen LogP) is 3.53. The molecule has 0 radical (unpaired) electrons. The third kappa shape index (κ3) is 2.86. The Bertz CT molecular complexity index is 812. The van der Waals surface area contributed by atoms with Crippen molar-refractivity contribution in [2.45, 2.75) is 45.2 Å². The second kappa shape index (κ2) is 5.98. The highest BCUT2D eigenvalue weighted by atomic mass is 32.1. The molecule has 1 saturated heterocycles. The van der Waals surface area contributed by atoms with Crippen molar-refractivity contribution in [2.75, 3.05) is 6.54 Å². The van der Waals surface area contributed by atoms with Crippen LogP contribution in [-0.4, -0.2) is 30.3 Å². The van der Waals surface area contributed by atoms with E-state index in [9.17, 15) is 0 Å². The van der Waals surface area contributed by atoms with E-state index in [2.05, 4.69) is 49.8 Å². The maximum Gasteiger partial charge on any atom is 0.244 e. The van der Waals surface area contributed by atoms with Crippen LogP contribution in [0.2, 0.25) is 0 Å². The van der Waals surface area contributed by atoms with E-state index in [1.807, 2.05) is 6.07 Å². The van der Waals surface area contributed by atoms with Crippen molar-refractivity contribution >= 4 is 22.8 Å². The Hall–Kier alpha value is -1.86. The Balaban J connectivity index is 1.54. The number of rotatable bonds is 4. The van der Waals surface area contributed by atoms with E-state index in [0.717, 1.165) is 48.7 Å². The average molecular weight is 329 g/mol. The lowest BCUT2D eigenvalue weighted by Gasteiger charge is -2.21. The smallest absolute Gasteiger partial charge is 0.244 e. The van der Waals surface area contributed by atoms with Crippen LogP contribution in [0.3, 0.4) is 0 Å². The molecule has 0 bridgehead atoms. The Labute approximate surface area is 138 Å². The fourth-order valence-electron chi connectivity index (χ4n) is 3.07. The van der Waals surface area contributed by atoms with Crippen LogP contribution in [0.1, 0.15) is 55.9 Å². The van der Waals surface area contributed by atoms with Gasteiger partial charge in [-0.3, -0.25) is 4.90 Å². The van der Waals surface area contributed by atoms with Gasteiger partial charge in [-0.05, 0) is 37.1 Å². The third-order valence-electron chi connectivity index (χ3n) is 4.33. The standard InChI is InChI=1S/C16H19N5OS/c1-10(2)15-17-16(22-18-15)14-4-3-7-21(14)9-11-5-6-12-13(8-11)20-23-19-12/h5-6,8,10,14H,3-4,7,9H2,1-2H3/t14-/m0/s1. The van der Waals surface area contributed by atoms with Gasteiger partial charge in [0, 0.05) is 12.5 Å². The minimum absolute atomic E-state index is 0.222. The van der Waals surface area contributed by atoms with Gasteiger partial charge in [0.1, 0.15) is 11.0 Å². The van der Waals surface area contributed by atoms with E-state index >= 15 is 0 Å². The minimum atomic E-state index is 0.222. The number of benzene rings is 1. The van der Waals surface area contributed by atoms with Crippen LogP contribution in [0.4, 0.5) is 0 Å². The second-order valence-electron chi connectivity index (χ2n) is 6.36. The van der Waals surface area contributed by atoms with Gasteiger partial charge >= 0.3 is 0 Å². The normalized spacial score (nSPS) is 19.2. The summed E-state index contributed by atoms with van der Waals surface area (Å²) in [6.45, 7) is 6.09. The lowest BCUT2D eigenvalue weighted by Crippen LogP contribution is -2.23. The molecule has 2 aromatic heterocycles. The number of hydrogen-bond donors (Lipinski definition) is 0. The number of fused-ring (bicyclic) bond motifs is 1. The number of nitrogens with zero attached hydrogens (tertiary/aromatic N) is 5. The van der Waals surface area contributed by atoms with Crippen LogP contribution >= 0.6 is 11.7 Å². The van der Waals surface area contributed by atoms with Gasteiger partial charge in [0.25, 0.3) is 0 Å². The molecule has 0 unspecified atom stereocenters. The summed E-state index contributed by atoms with van der Waals surface area (Å²) >= 11 is 1.26. The highest BCUT2D eigenvalue weighted by Crippen LogP contribution is 2.33. The molecule has 0 aliphatic carbocycles. The summed E-state index contributed by atoms with van der Waals surface area (Å²) in [5, 5.41) is 4.11. The predicted molar refractivity (Wildman–Crippen MR) is 88.2 cm³/mol. The zero-order valence-corrected chi connectivity index (χ0v) is 14.1. The summed E-state index contributed by atoms with van der Waals surface area (Å²) in [6.07, 6.45) is 2.23. The topological polar surface area (TPSA) is 67.9 Å². The summed E-state index contributed by atoms with van der Waals surface area (Å²) in [7, 11) is 0. The fraction of sp³-hybridized carbons (Fsp3) is 0.500.